The van der Waals surface area contributed by atoms with Crippen LogP contribution in [0.25, 0.3) is 0 Å². The highest BCUT2D eigenvalue weighted by atomic mass is 16.5. The first kappa shape index (κ1) is 19.9. The number of methoxy groups -OCH3 is 1. The molecule has 0 bridgehead atoms. The number of nitrogens with zero attached hydrogens (tertiary/aromatic N) is 2. The minimum Gasteiger partial charge on any atom is -0.496 e. The summed E-state index contributed by atoms with van der Waals surface area (Å²) in [6.45, 7) is 6.88. The largest absolute Gasteiger partial charge is 0.496 e. The van der Waals surface area contributed by atoms with E-state index in [1.807, 2.05) is 49.1 Å². The first-order valence-corrected chi connectivity index (χ1v) is 9.50. The van der Waals surface area contributed by atoms with Gasteiger partial charge in [0.2, 0.25) is 5.91 Å². The maximum Gasteiger partial charge on any atom is 0.257 e. The molecule has 28 heavy (non-hydrogen) atoms. The predicted molar refractivity (Wildman–Crippen MR) is 110 cm³/mol. The highest BCUT2D eigenvalue weighted by Gasteiger charge is 2.25. The summed E-state index contributed by atoms with van der Waals surface area (Å²) in [7, 11) is 1.57. The van der Waals surface area contributed by atoms with Crippen LogP contribution in [0.15, 0.2) is 42.5 Å². The molecule has 2 aromatic rings. The van der Waals surface area contributed by atoms with Crippen molar-refractivity contribution >= 4 is 17.5 Å². The highest BCUT2D eigenvalue weighted by molar-refractivity contribution is 5.97. The first-order valence-electron chi connectivity index (χ1n) is 9.50. The highest BCUT2D eigenvalue weighted by Crippen LogP contribution is 2.20. The van der Waals surface area contributed by atoms with Gasteiger partial charge in [0.05, 0.1) is 19.2 Å². The van der Waals surface area contributed by atoms with Gasteiger partial charge in [-0.3, -0.25) is 14.5 Å². The van der Waals surface area contributed by atoms with Gasteiger partial charge in [-0.1, -0.05) is 24.3 Å². The molecule has 0 spiro atoms. The zero-order chi connectivity index (χ0) is 20.1. The summed E-state index contributed by atoms with van der Waals surface area (Å²) < 4.78 is 5.29. The van der Waals surface area contributed by atoms with E-state index in [0.29, 0.717) is 44.0 Å². The quantitative estimate of drug-likeness (QED) is 0.865. The summed E-state index contributed by atoms with van der Waals surface area (Å²) >= 11 is 0. The number of rotatable bonds is 5. The van der Waals surface area contributed by atoms with Crippen molar-refractivity contribution in [1.29, 1.82) is 0 Å². The predicted octanol–water partition coefficient (Wildman–Crippen LogP) is 2.71. The number of anilines is 1. The number of carbonyl (C=O) groups is 2. The number of amides is 2. The minimum absolute atomic E-state index is 0.0294. The van der Waals surface area contributed by atoms with Crippen molar-refractivity contribution in [3.05, 3.63) is 59.2 Å². The molecule has 0 aliphatic carbocycles. The van der Waals surface area contributed by atoms with Crippen LogP contribution in [-0.2, 0) is 4.79 Å². The molecule has 1 saturated heterocycles. The van der Waals surface area contributed by atoms with Gasteiger partial charge < -0.3 is 15.0 Å². The van der Waals surface area contributed by atoms with Crippen molar-refractivity contribution < 1.29 is 14.3 Å². The van der Waals surface area contributed by atoms with E-state index >= 15 is 0 Å². The van der Waals surface area contributed by atoms with Gasteiger partial charge in [0.1, 0.15) is 5.75 Å². The van der Waals surface area contributed by atoms with Gasteiger partial charge in [-0.15, -0.1) is 0 Å². The Morgan fingerprint density at radius 3 is 2.43 bits per heavy atom. The Balaban J connectivity index is 1.53. The zero-order valence-corrected chi connectivity index (χ0v) is 16.7. The summed E-state index contributed by atoms with van der Waals surface area (Å²) in [4.78, 5) is 29.1. The molecule has 0 aromatic heterocycles. The fraction of sp³-hybridized carbons (Fsp3) is 0.364. The fourth-order valence-corrected chi connectivity index (χ4v) is 3.38. The average Bonchev–Trinajstić information content (AvgIpc) is 2.71. The fourth-order valence-electron chi connectivity index (χ4n) is 3.38. The van der Waals surface area contributed by atoms with Crippen LogP contribution in [0.5, 0.6) is 5.75 Å². The van der Waals surface area contributed by atoms with Crippen LogP contribution in [0, 0.1) is 13.8 Å². The van der Waals surface area contributed by atoms with Gasteiger partial charge in [0.15, 0.2) is 0 Å². The maximum absolute atomic E-state index is 12.8. The summed E-state index contributed by atoms with van der Waals surface area (Å²) in [5.41, 5.74) is 3.67. The summed E-state index contributed by atoms with van der Waals surface area (Å²) in [5, 5.41) is 3.00. The van der Waals surface area contributed by atoms with Crippen LogP contribution >= 0.6 is 0 Å². The van der Waals surface area contributed by atoms with E-state index < -0.39 is 0 Å². The average molecular weight is 381 g/mol. The lowest BCUT2D eigenvalue weighted by atomic mass is 10.1. The number of nitrogens with one attached hydrogen (secondary N) is 1. The first-order chi connectivity index (χ1) is 13.5. The normalized spacial score (nSPS) is 14.6. The molecule has 3 rings (SSSR count). The number of benzene rings is 2. The molecule has 1 aliphatic rings. The van der Waals surface area contributed by atoms with E-state index in [9.17, 15) is 9.59 Å². The van der Waals surface area contributed by atoms with Gasteiger partial charge >= 0.3 is 0 Å². The second-order valence-corrected chi connectivity index (χ2v) is 7.06. The van der Waals surface area contributed by atoms with Crippen molar-refractivity contribution in [2.24, 2.45) is 0 Å². The van der Waals surface area contributed by atoms with Crippen LogP contribution < -0.4 is 10.1 Å². The van der Waals surface area contributed by atoms with Crippen LogP contribution in [0.3, 0.4) is 0 Å². The second kappa shape index (κ2) is 8.89. The van der Waals surface area contributed by atoms with Crippen LogP contribution in [0.4, 0.5) is 5.69 Å². The number of hydrogen-bond donors (Lipinski definition) is 1. The van der Waals surface area contributed by atoms with Crippen LogP contribution in [0.2, 0.25) is 0 Å². The summed E-state index contributed by atoms with van der Waals surface area (Å²) in [6.07, 6.45) is 0. The van der Waals surface area contributed by atoms with Crippen molar-refractivity contribution in [2.75, 3.05) is 45.2 Å². The molecule has 2 aromatic carbocycles. The monoisotopic (exact) mass is 381 g/mol. The molecule has 1 heterocycles. The van der Waals surface area contributed by atoms with E-state index in [1.54, 1.807) is 19.2 Å². The Labute approximate surface area is 166 Å². The lowest BCUT2D eigenvalue weighted by Crippen LogP contribution is -2.50. The molecule has 6 heteroatoms. The van der Waals surface area contributed by atoms with Crippen molar-refractivity contribution in [1.82, 2.24) is 9.80 Å². The number of aryl methyl sites for hydroxylation is 1. The molecule has 0 saturated carbocycles. The number of ether oxygens (including phenoxy) is 1. The SMILES string of the molecule is COc1ccccc1C(=O)N1CCN(CC(=O)Nc2cccc(C)c2C)CC1. The molecular weight excluding hydrogens is 354 g/mol. The molecule has 148 valence electrons. The number of piperazine rings is 1. The Morgan fingerprint density at radius 1 is 1.00 bits per heavy atom. The molecule has 1 N–H and O–H groups in total. The second-order valence-electron chi connectivity index (χ2n) is 7.06. The third kappa shape index (κ3) is 4.51. The standard InChI is InChI=1S/C22H27N3O3/c1-16-7-6-9-19(17(16)2)23-21(26)15-24-11-13-25(14-12-24)22(27)18-8-4-5-10-20(18)28-3/h4-10H,11-15H2,1-3H3,(H,23,26). The van der Waals surface area contributed by atoms with Crippen molar-refractivity contribution in [2.45, 2.75) is 13.8 Å². The zero-order valence-electron chi connectivity index (χ0n) is 16.7. The minimum atomic E-state index is -0.0306. The molecule has 1 aliphatic heterocycles. The molecule has 2 amide bonds. The van der Waals surface area contributed by atoms with E-state index in [-0.39, 0.29) is 11.8 Å². The van der Waals surface area contributed by atoms with E-state index in [0.717, 1.165) is 16.8 Å². The van der Waals surface area contributed by atoms with Gasteiger partial charge in [0.25, 0.3) is 5.91 Å². The van der Waals surface area contributed by atoms with Gasteiger partial charge in [-0.25, -0.2) is 0 Å². The smallest absolute Gasteiger partial charge is 0.257 e. The lowest BCUT2D eigenvalue weighted by molar-refractivity contribution is -0.117. The third-order valence-electron chi connectivity index (χ3n) is 5.24. The Hall–Kier alpha value is -2.86. The maximum atomic E-state index is 12.8. The van der Waals surface area contributed by atoms with E-state index in [1.165, 1.54) is 0 Å². The Bertz CT molecular complexity index is 858. The van der Waals surface area contributed by atoms with Crippen molar-refractivity contribution in [3.8, 4) is 5.75 Å². The third-order valence-corrected chi connectivity index (χ3v) is 5.24. The topological polar surface area (TPSA) is 61.9 Å². The van der Waals surface area contributed by atoms with Crippen molar-refractivity contribution in [3.63, 3.8) is 0 Å². The summed E-state index contributed by atoms with van der Waals surface area (Å²) in [5.74, 6) is 0.526. The number of carbonyl (C=O) groups excluding carboxylic acids is 2. The van der Waals surface area contributed by atoms with Gasteiger partial charge in [0, 0.05) is 31.9 Å². The molecule has 0 atom stereocenters. The Morgan fingerprint density at radius 2 is 1.71 bits per heavy atom. The Kier molecular flexibility index (Phi) is 6.31. The molecular formula is C22H27N3O3. The summed E-state index contributed by atoms with van der Waals surface area (Å²) in [6, 6.07) is 13.2. The van der Waals surface area contributed by atoms with E-state index in [2.05, 4.69) is 10.2 Å². The lowest BCUT2D eigenvalue weighted by Gasteiger charge is -2.34. The molecule has 0 radical (unpaired) electrons. The van der Waals surface area contributed by atoms with Gasteiger partial charge in [-0.2, -0.15) is 0 Å². The molecule has 0 unspecified atom stereocenters. The number of para-hydroxylation sites is 1. The van der Waals surface area contributed by atoms with Crippen LogP contribution in [-0.4, -0.2) is 61.4 Å². The van der Waals surface area contributed by atoms with E-state index in [4.69, 9.17) is 4.74 Å². The molecule has 6 nitrogen and oxygen atoms in total. The number of hydrogen-bond acceptors (Lipinski definition) is 4. The van der Waals surface area contributed by atoms with Crippen LogP contribution in [0.1, 0.15) is 21.5 Å². The molecule has 1 fully saturated rings. The van der Waals surface area contributed by atoms with Gasteiger partial charge in [-0.05, 0) is 43.2 Å².